The van der Waals surface area contributed by atoms with Crippen LogP contribution in [0.5, 0.6) is 0 Å². The average molecular weight is 338 g/mol. The predicted octanol–water partition coefficient (Wildman–Crippen LogP) is 2.66. The summed E-state index contributed by atoms with van der Waals surface area (Å²) in [6.07, 6.45) is 4.66. The fourth-order valence-electron chi connectivity index (χ4n) is 2.62. The molecule has 2 N–H and O–H groups in total. The lowest BCUT2D eigenvalue weighted by Gasteiger charge is -2.20. The summed E-state index contributed by atoms with van der Waals surface area (Å²) in [6, 6.07) is 7.32. The molecule has 1 aromatic carbocycles. The van der Waals surface area contributed by atoms with Crippen LogP contribution < -0.4 is 10.6 Å². The Labute approximate surface area is 142 Å². The van der Waals surface area contributed by atoms with Crippen molar-refractivity contribution >= 4 is 29.1 Å². The number of carbonyl (C=O) groups excluding carboxylic acids is 2. The summed E-state index contributed by atoms with van der Waals surface area (Å²) >= 11 is 6.02. The lowest BCUT2D eigenvalue weighted by Crippen LogP contribution is -2.35. The maximum Gasteiger partial charge on any atom is 0.239 e. The van der Waals surface area contributed by atoms with Crippen LogP contribution in [0, 0.1) is 0 Å². The second-order valence-electron chi connectivity index (χ2n) is 5.73. The Morgan fingerprint density at radius 1 is 1.22 bits per heavy atom. The standard InChI is InChI=1S/C17H24ClN3O2/c18-14-7-3-4-8-15(14)20-13-16(22)19-10-6-12-21-11-5-1-2-9-17(21)23/h3-4,7-8,20H,1-2,5-6,9-13H2,(H,19,22). The summed E-state index contributed by atoms with van der Waals surface area (Å²) < 4.78 is 0. The van der Waals surface area contributed by atoms with Crippen molar-refractivity contribution in [2.75, 3.05) is 31.5 Å². The number of nitrogens with one attached hydrogen (secondary N) is 2. The average Bonchev–Trinajstić information content (AvgIpc) is 2.75. The van der Waals surface area contributed by atoms with Gasteiger partial charge >= 0.3 is 0 Å². The van der Waals surface area contributed by atoms with Crippen LogP contribution >= 0.6 is 11.6 Å². The van der Waals surface area contributed by atoms with Crippen molar-refractivity contribution in [2.24, 2.45) is 0 Å². The number of rotatable bonds is 7. The van der Waals surface area contributed by atoms with Crippen molar-refractivity contribution < 1.29 is 9.59 Å². The van der Waals surface area contributed by atoms with Gasteiger partial charge in [-0.15, -0.1) is 0 Å². The molecule has 0 aliphatic carbocycles. The number of hydrogen-bond acceptors (Lipinski definition) is 3. The van der Waals surface area contributed by atoms with E-state index in [1.54, 1.807) is 6.07 Å². The fourth-order valence-corrected chi connectivity index (χ4v) is 2.82. The van der Waals surface area contributed by atoms with Gasteiger partial charge in [0, 0.05) is 26.1 Å². The number of hydrogen-bond donors (Lipinski definition) is 2. The number of benzene rings is 1. The Morgan fingerprint density at radius 3 is 2.87 bits per heavy atom. The summed E-state index contributed by atoms with van der Waals surface area (Å²) in [7, 11) is 0. The minimum absolute atomic E-state index is 0.0767. The maximum absolute atomic E-state index is 11.8. The first-order valence-electron chi connectivity index (χ1n) is 8.19. The zero-order valence-electron chi connectivity index (χ0n) is 13.3. The number of likely N-dealkylation sites (tertiary alicyclic amines) is 1. The summed E-state index contributed by atoms with van der Waals surface area (Å²) in [5.41, 5.74) is 0.750. The number of halogens is 1. The molecule has 0 unspecified atom stereocenters. The van der Waals surface area contributed by atoms with Crippen molar-refractivity contribution in [3.8, 4) is 0 Å². The van der Waals surface area contributed by atoms with Crippen molar-refractivity contribution in [2.45, 2.75) is 32.1 Å². The molecule has 5 nitrogen and oxygen atoms in total. The van der Waals surface area contributed by atoms with E-state index in [1.165, 1.54) is 0 Å². The summed E-state index contributed by atoms with van der Waals surface area (Å²) in [6.45, 7) is 2.33. The highest BCUT2D eigenvalue weighted by Gasteiger charge is 2.15. The molecule has 2 amide bonds. The Kier molecular flexibility index (Phi) is 7.20. The predicted molar refractivity (Wildman–Crippen MR) is 92.6 cm³/mol. The molecule has 1 fully saturated rings. The number of para-hydroxylation sites is 1. The van der Waals surface area contributed by atoms with E-state index < -0.39 is 0 Å². The molecule has 23 heavy (non-hydrogen) atoms. The van der Waals surface area contributed by atoms with Crippen molar-refractivity contribution in [1.82, 2.24) is 10.2 Å². The second kappa shape index (κ2) is 9.40. The first kappa shape index (κ1) is 17.6. The molecule has 0 bridgehead atoms. The van der Waals surface area contributed by atoms with Crippen LogP contribution in [-0.2, 0) is 9.59 Å². The van der Waals surface area contributed by atoms with Crippen LogP contribution in [0.4, 0.5) is 5.69 Å². The normalized spacial score (nSPS) is 15.2. The molecule has 1 heterocycles. The van der Waals surface area contributed by atoms with Crippen LogP contribution in [-0.4, -0.2) is 42.9 Å². The first-order valence-corrected chi connectivity index (χ1v) is 8.57. The zero-order valence-corrected chi connectivity index (χ0v) is 14.1. The second-order valence-corrected chi connectivity index (χ2v) is 6.14. The summed E-state index contributed by atoms with van der Waals surface area (Å²) in [5.74, 6) is 0.168. The summed E-state index contributed by atoms with van der Waals surface area (Å²) in [4.78, 5) is 25.6. The first-order chi connectivity index (χ1) is 11.2. The quantitative estimate of drug-likeness (QED) is 0.752. The molecule has 126 valence electrons. The molecular weight excluding hydrogens is 314 g/mol. The van der Waals surface area contributed by atoms with E-state index in [1.807, 2.05) is 23.1 Å². The summed E-state index contributed by atoms with van der Waals surface area (Å²) in [5, 5.41) is 6.47. The number of anilines is 1. The Bertz CT molecular complexity index is 536. The van der Waals surface area contributed by atoms with Gasteiger partial charge in [-0.1, -0.05) is 30.2 Å². The third kappa shape index (κ3) is 6.10. The van der Waals surface area contributed by atoms with Gasteiger partial charge in [-0.3, -0.25) is 9.59 Å². The molecule has 1 saturated heterocycles. The van der Waals surface area contributed by atoms with E-state index >= 15 is 0 Å². The van der Waals surface area contributed by atoms with Crippen molar-refractivity contribution in [1.29, 1.82) is 0 Å². The highest BCUT2D eigenvalue weighted by molar-refractivity contribution is 6.33. The third-order valence-electron chi connectivity index (χ3n) is 3.91. The van der Waals surface area contributed by atoms with Crippen LogP contribution in [0.2, 0.25) is 5.02 Å². The minimum atomic E-state index is -0.0767. The van der Waals surface area contributed by atoms with Gasteiger partial charge in [0.05, 0.1) is 17.3 Å². The van der Waals surface area contributed by atoms with Crippen molar-refractivity contribution in [3.63, 3.8) is 0 Å². The van der Waals surface area contributed by atoms with E-state index in [4.69, 9.17) is 11.6 Å². The van der Waals surface area contributed by atoms with E-state index in [0.29, 0.717) is 18.0 Å². The van der Waals surface area contributed by atoms with Gasteiger partial charge < -0.3 is 15.5 Å². The molecule has 0 aromatic heterocycles. The van der Waals surface area contributed by atoms with E-state index in [9.17, 15) is 9.59 Å². The molecule has 1 aromatic rings. The van der Waals surface area contributed by atoms with Gasteiger partial charge in [-0.25, -0.2) is 0 Å². The topological polar surface area (TPSA) is 61.4 Å². The SMILES string of the molecule is O=C(CNc1ccccc1Cl)NCCCN1CCCCCC1=O. The van der Waals surface area contributed by atoms with Gasteiger partial charge in [0.2, 0.25) is 11.8 Å². The zero-order chi connectivity index (χ0) is 16.5. The van der Waals surface area contributed by atoms with Gasteiger partial charge in [0.1, 0.15) is 0 Å². The number of carbonyl (C=O) groups is 2. The lowest BCUT2D eigenvalue weighted by atomic mass is 10.2. The molecule has 6 heteroatoms. The van der Waals surface area contributed by atoms with Gasteiger partial charge in [0.25, 0.3) is 0 Å². The van der Waals surface area contributed by atoms with Crippen LogP contribution in [0.15, 0.2) is 24.3 Å². The van der Waals surface area contributed by atoms with Crippen molar-refractivity contribution in [3.05, 3.63) is 29.3 Å². The van der Waals surface area contributed by atoms with Gasteiger partial charge in [0.15, 0.2) is 0 Å². The Balaban J connectivity index is 1.61. The molecule has 1 aliphatic heterocycles. The highest BCUT2D eigenvalue weighted by Crippen LogP contribution is 2.19. The van der Waals surface area contributed by atoms with E-state index in [-0.39, 0.29) is 18.4 Å². The largest absolute Gasteiger partial charge is 0.375 e. The Hall–Kier alpha value is -1.75. The van der Waals surface area contributed by atoms with Gasteiger partial charge in [-0.2, -0.15) is 0 Å². The lowest BCUT2D eigenvalue weighted by molar-refractivity contribution is -0.130. The van der Waals surface area contributed by atoms with Gasteiger partial charge in [-0.05, 0) is 31.4 Å². The van der Waals surface area contributed by atoms with Crippen LogP contribution in [0.1, 0.15) is 32.1 Å². The highest BCUT2D eigenvalue weighted by atomic mass is 35.5. The molecule has 2 rings (SSSR count). The molecule has 0 spiro atoms. The molecule has 0 saturated carbocycles. The fraction of sp³-hybridized carbons (Fsp3) is 0.529. The molecule has 1 aliphatic rings. The number of nitrogens with zero attached hydrogens (tertiary/aromatic N) is 1. The maximum atomic E-state index is 11.8. The van der Waals surface area contributed by atoms with Crippen LogP contribution in [0.25, 0.3) is 0 Å². The smallest absolute Gasteiger partial charge is 0.239 e. The molecular formula is C17H24ClN3O2. The Morgan fingerprint density at radius 2 is 2.04 bits per heavy atom. The van der Waals surface area contributed by atoms with E-state index in [2.05, 4.69) is 10.6 Å². The third-order valence-corrected chi connectivity index (χ3v) is 4.24. The van der Waals surface area contributed by atoms with Crippen LogP contribution in [0.3, 0.4) is 0 Å². The minimum Gasteiger partial charge on any atom is -0.375 e. The number of amides is 2. The monoisotopic (exact) mass is 337 g/mol. The van der Waals surface area contributed by atoms with E-state index in [0.717, 1.165) is 44.5 Å². The molecule has 0 atom stereocenters. The molecule has 0 radical (unpaired) electrons.